The highest BCUT2D eigenvalue weighted by molar-refractivity contribution is 8.00. The van der Waals surface area contributed by atoms with Gasteiger partial charge in [-0.05, 0) is 37.6 Å². The first-order chi connectivity index (χ1) is 14.4. The number of fused-ring (bicyclic) bond motifs is 1. The molecular formula is C22H22ClN3O3S. The van der Waals surface area contributed by atoms with Crippen molar-refractivity contribution < 1.29 is 14.3 Å². The van der Waals surface area contributed by atoms with Crippen LogP contribution < -0.4 is 14.8 Å². The van der Waals surface area contributed by atoms with Crippen molar-refractivity contribution in [3.63, 3.8) is 0 Å². The van der Waals surface area contributed by atoms with Crippen molar-refractivity contribution in [1.82, 2.24) is 9.78 Å². The second-order valence-electron chi connectivity index (χ2n) is 7.01. The third-order valence-corrected chi connectivity index (χ3v) is 6.78. The highest BCUT2D eigenvalue weighted by Crippen LogP contribution is 2.48. The number of carbonyl (C=O) groups excluding carboxylic acids is 1. The number of anilines is 1. The van der Waals surface area contributed by atoms with Gasteiger partial charge in [-0.1, -0.05) is 29.8 Å². The van der Waals surface area contributed by atoms with Gasteiger partial charge in [-0.15, -0.1) is 11.8 Å². The molecule has 156 valence electrons. The van der Waals surface area contributed by atoms with Gasteiger partial charge in [0.1, 0.15) is 5.82 Å². The van der Waals surface area contributed by atoms with Crippen LogP contribution >= 0.6 is 23.4 Å². The smallest absolute Gasteiger partial charge is 0.235 e. The fraction of sp³-hybridized carbons (Fsp3) is 0.273. The Morgan fingerprint density at radius 1 is 1.20 bits per heavy atom. The number of hydrogen-bond donors (Lipinski definition) is 1. The van der Waals surface area contributed by atoms with Gasteiger partial charge in [-0.3, -0.25) is 4.79 Å². The van der Waals surface area contributed by atoms with Crippen molar-refractivity contribution in [2.75, 3.05) is 25.3 Å². The predicted octanol–water partition coefficient (Wildman–Crippen LogP) is 4.93. The molecule has 6 nitrogen and oxygen atoms in total. The number of aryl methyl sites for hydroxylation is 2. The maximum absolute atomic E-state index is 12.6. The summed E-state index contributed by atoms with van der Waals surface area (Å²) in [6.07, 6.45) is 0. The van der Waals surface area contributed by atoms with Crippen LogP contribution in [-0.4, -0.2) is 35.7 Å². The first-order valence-corrected chi connectivity index (χ1v) is 10.9. The molecule has 1 amide bonds. The average molecular weight is 444 g/mol. The van der Waals surface area contributed by atoms with E-state index in [4.69, 9.17) is 26.2 Å². The number of amides is 1. The first-order valence-electron chi connectivity index (χ1n) is 9.43. The number of aromatic nitrogens is 2. The number of rotatable bonds is 4. The standard InChI is InChI=1S/C22H22ClN3O3S/c1-12-8-9-14(10-16(12)23)26-22-19(13(2)25-26)21(30-11-18(27)24-22)15-6-5-7-17(28-3)20(15)29-4/h5-10,21H,11H2,1-4H3,(H,24,27)/t21-/m1/s1. The van der Waals surface area contributed by atoms with E-state index in [2.05, 4.69) is 5.32 Å². The summed E-state index contributed by atoms with van der Waals surface area (Å²) >= 11 is 7.89. The van der Waals surface area contributed by atoms with Crippen LogP contribution in [0.4, 0.5) is 5.82 Å². The number of halogens is 1. The van der Waals surface area contributed by atoms with Crippen molar-refractivity contribution in [3.05, 3.63) is 63.8 Å². The Labute approximate surface area is 184 Å². The second-order valence-corrected chi connectivity index (χ2v) is 8.52. The summed E-state index contributed by atoms with van der Waals surface area (Å²) in [4.78, 5) is 12.6. The third-order valence-electron chi connectivity index (χ3n) is 5.12. The zero-order valence-electron chi connectivity index (χ0n) is 17.2. The van der Waals surface area contributed by atoms with E-state index in [0.29, 0.717) is 28.1 Å². The van der Waals surface area contributed by atoms with Crippen molar-refractivity contribution in [2.24, 2.45) is 0 Å². The Bertz CT molecular complexity index is 1130. The number of nitrogens with zero attached hydrogens (tertiary/aromatic N) is 2. The van der Waals surface area contributed by atoms with Gasteiger partial charge in [0.2, 0.25) is 5.91 Å². The van der Waals surface area contributed by atoms with E-state index in [-0.39, 0.29) is 11.2 Å². The minimum absolute atomic E-state index is 0.0787. The first kappa shape index (κ1) is 20.6. The second kappa shape index (κ2) is 8.24. The molecular weight excluding hydrogens is 422 g/mol. The lowest BCUT2D eigenvalue weighted by molar-refractivity contribution is -0.113. The Balaban J connectivity index is 1.92. The zero-order valence-corrected chi connectivity index (χ0v) is 18.7. The summed E-state index contributed by atoms with van der Waals surface area (Å²) in [6, 6.07) is 11.5. The van der Waals surface area contributed by atoms with Gasteiger partial charge in [-0.25, -0.2) is 4.68 Å². The summed E-state index contributed by atoms with van der Waals surface area (Å²) in [5, 5.41) is 8.27. The minimum Gasteiger partial charge on any atom is -0.493 e. The molecule has 1 N–H and O–H groups in total. The molecule has 2 aromatic carbocycles. The average Bonchev–Trinajstić information content (AvgIpc) is 2.94. The molecule has 0 saturated heterocycles. The van der Waals surface area contributed by atoms with Crippen molar-refractivity contribution in [3.8, 4) is 17.2 Å². The number of nitrogens with one attached hydrogen (secondary N) is 1. The Morgan fingerprint density at radius 3 is 2.70 bits per heavy atom. The molecule has 1 aliphatic rings. The van der Waals surface area contributed by atoms with E-state index in [1.165, 1.54) is 11.8 Å². The molecule has 0 unspecified atom stereocenters. The molecule has 0 fully saturated rings. The van der Waals surface area contributed by atoms with Gasteiger partial charge in [0.25, 0.3) is 0 Å². The summed E-state index contributed by atoms with van der Waals surface area (Å²) in [5.41, 5.74) is 4.47. The molecule has 0 spiro atoms. The van der Waals surface area contributed by atoms with Gasteiger partial charge in [-0.2, -0.15) is 5.10 Å². The Hall–Kier alpha value is -2.64. The summed E-state index contributed by atoms with van der Waals surface area (Å²) in [7, 11) is 3.24. The van der Waals surface area contributed by atoms with Gasteiger partial charge in [0.05, 0.1) is 36.6 Å². The molecule has 0 radical (unpaired) electrons. The van der Waals surface area contributed by atoms with Crippen molar-refractivity contribution in [1.29, 1.82) is 0 Å². The van der Waals surface area contributed by atoms with E-state index < -0.39 is 0 Å². The molecule has 1 atom stereocenters. The SMILES string of the molecule is COc1cccc([C@H]2SCC(=O)Nc3c2c(C)nn3-c2ccc(C)c(Cl)c2)c1OC. The normalized spacial score (nSPS) is 15.9. The lowest BCUT2D eigenvalue weighted by Gasteiger charge is -2.20. The minimum atomic E-state index is -0.154. The molecule has 0 saturated carbocycles. The highest BCUT2D eigenvalue weighted by Gasteiger charge is 2.33. The molecule has 0 bridgehead atoms. The van der Waals surface area contributed by atoms with Crippen LogP contribution in [0.1, 0.15) is 27.6 Å². The number of benzene rings is 2. The van der Waals surface area contributed by atoms with Crippen LogP contribution in [0, 0.1) is 13.8 Å². The fourth-order valence-electron chi connectivity index (χ4n) is 3.65. The van der Waals surface area contributed by atoms with E-state index >= 15 is 0 Å². The molecule has 2 heterocycles. The predicted molar refractivity (Wildman–Crippen MR) is 121 cm³/mol. The number of carbonyl (C=O) groups is 1. The van der Waals surface area contributed by atoms with Crippen LogP contribution in [0.2, 0.25) is 5.02 Å². The number of methoxy groups -OCH3 is 2. The van der Waals surface area contributed by atoms with Crippen molar-refractivity contribution in [2.45, 2.75) is 19.1 Å². The van der Waals surface area contributed by atoms with Crippen molar-refractivity contribution >= 4 is 35.1 Å². The zero-order chi connectivity index (χ0) is 21.4. The molecule has 30 heavy (non-hydrogen) atoms. The van der Waals surface area contributed by atoms with Crippen LogP contribution in [0.25, 0.3) is 5.69 Å². The summed E-state index contributed by atoms with van der Waals surface area (Å²) in [5.74, 6) is 2.19. The molecule has 1 aliphatic heterocycles. The van der Waals surface area contributed by atoms with Crippen LogP contribution in [0.3, 0.4) is 0 Å². The number of hydrogen-bond acceptors (Lipinski definition) is 5. The van der Waals surface area contributed by atoms with E-state index in [1.807, 2.05) is 50.2 Å². The quantitative estimate of drug-likeness (QED) is 0.619. The molecule has 0 aliphatic carbocycles. The molecule has 8 heteroatoms. The van der Waals surface area contributed by atoms with E-state index in [9.17, 15) is 4.79 Å². The number of ether oxygens (including phenoxy) is 2. The van der Waals surface area contributed by atoms with Gasteiger partial charge >= 0.3 is 0 Å². The molecule has 1 aromatic heterocycles. The lowest BCUT2D eigenvalue weighted by Crippen LogP contribution is -2.15. The number of para-hydroxylation sites is 1. The monoisotopic (exact) mass is 443 g/mol. The number of thioether (sulfide) groups is 1. The largest absolute Gasteiger partial charge is 0.493 e. The maximum atomic E-state index is 12.6. The Morgan fingerprint density at radius 2 is 2.00 bits per heavy atom. The van der Waals surface area contributed by atoms with E-state index in [1.54, 1.807) is 18.9 Å². The van der Waals surface area contributed by atoms with Gasteiger partial charge in [0, 0.05) is 16.1 Å². The highest BCUT2D eigenvalue weighted by atomic mass is 35.5. The van der Waals surface area contributed by atoms with Gasteiger partial charge < -0.3 is 14.8 Å². The fourth-order valence-corrected chi connectivity index (χ4v) is 5.03. The van der Waals surface area contributed by atoms with Crippen LogP contribution in [0.5, 0.6) is 11.5 Å². The van der Waals surface area contributed by atoms with Crippen LogP contribution in [-0.2, 0) is 4.79 Å². The van der Waals surface area contributed by atoms with Gasteiger partial charge in [0.15, 0.2) is 11.5 Å². The maximum Gasteiger partial charge on any atom is 0.235 e. The summed E-state index contributed by atoms with van der Waals surface area (Å²) < 4.78 is 12.9. The molecule has 4 rings (SSSR count). The molecule has 3 aromatic rings. The topological polar surface area (TPSA) is 65.4 Å². The third kappa shape index (κ3) is 3.52. The van der Waals surface area contributed by atoms with Crippen LogP contribution in [0.15, 0.2) is 36.4 Å². The van der Waals surface area contributed by atoms with E-state index in [0.717, 1.165) is 28.1 Å². The summed E-state index contributed by atoms with van der Waals surface area (Å²) in [6.45, 7) is 3.90. The lowest BCUT2D eigenvalue weighted by atomic mass is 10.0. The Kier molecular flexibility index (Phi) is 5.66.